The second kappa shape index (κ2) is 8.54. The third kappa shape index (κ3) is 3.99. The van der Waals surface area contributed by atoms with Gasteiger partial charge in [-0.05, 0) is 32.2 Å². The molecular formula is C22H26N6O2. The molecule has 30 heavy (non-hydrogen) atoms. The molecule has 3 N–H and O–H groups in total. The highest BCUT2D eigenvalue weighted by molar-refractivity contribution is 5.98. The average molecular weight is 406 g/mol. The molecule has 0 unspecified atom stereocenters. The van der Waals surface area contributed by atoms with Crippen LogP contribution in [0.2, 0.25) is 0 Å². The molecule has 1 aliphatic heterocycles. The Labute approximate surface area is 174 Å². The fraction of sp³-hybridized carbons (Fsp3) is 0.318. The fourth-order valence-electron chi connectivity index (χ4n) is 3.77. The van der Waals surface area contributed by atoms with Crippen molar-refractivity contribution in [3.05, 3.63) is 52.8 Å². The van der Waals surface area contributed by atoms with Crippen LogP contribution < -0.4 is 21.1 Å². The van der Waals surface area contributed by atoms with E-state index in [1.165, 1.54) is 0 Å². The highest BCUT2D eigenvalue weighted by Gasteiger charge is 2.19. The summed E-state index contributed by atoms with van der Waals surface area (Å²) in [6.07, 6.45) is 0. The van der Waals surface area contributed by atoms with E-state index in [1.54, 1.807) is 6.07 Å². The zero-order valence-corrected chi connectivity index (χ0v) is 17.2. The predicted molar refractivity (Wildman–Crippen MR) is 120 cm³/mol. The first-order valence-electron chi connectivity index (χ1n) is 10.2. The van der Waals surface area contributed by atoms with Crippen molar-refractivity contribution in [1.82, 2.24) is 20.4 Å². The molecule has 1 saturated heterocycles. The fourth-order valence-corrected chi connectivity index (χ4v) is 3.77. The second-order valence-corrected chi connectivity index (χ2v) is 7.45. The number of carbonyl (C=O) groups excluding carboxylic acids is 1. The maximum absolute atomic E-state index is 12.3. The van der Waals surface area contributed by atoms with Gasteiger partial charge in [0.15, 0.2) is 0 Å². The van der Waals surface area contributed by atoms with E-state index in [4.69, 9.17) is 0 Å². The summed E-state index contributed by atoms with van der Waals surface area (Å²) in [6.45, 7) is 6.14. The molecule has 0 spiro atoms. The minimum atomic E-state index is -0.246. The number of piperazine rings is 1. The quantitative estimate of drug-likeness (QED) is 0.619. The van der Waals surface area contributed by atoms with Gasteiger partial charge >= 0.3 is 6.03 Å². The summed E-state index contributed by atoms with van der Waals surface area (Å²) < 4.78 is 0. The van der Waals surface area contributed by atoms with E-state index in [9.17, 15) is 9.59 Å². The van der Waals surface area contributed by atoms with Crippen molar-refractivity contribution in [2.24, 2.45) is 0 Å². The summed E-state index contributed by atoms with van der Waals surface area (Å²) in [5, 5.41) is 14.0. The summed E-state index contributed by atoms with van der Waals surface area (Å²) >= 11 is 0. The van der Waals surface area contributed by atoms with Gasteiger partial charge in [0.05, 0.1) is 22.5 Å². The molecule has 1 aliphatic rings. The van der Waals surface area contributed by atoms with Crippen LogP contribution in [0.25, 0.3) is 22.0 Å². The average Bonchev–Trinajstić information content (AvgIpc) is 2.75. The SMILES string of the molecule is CCNC(=O)Nc1cc(-c2n[nH]c(=O)c3ccccc23)ccc1N1CCN(C)CC1. The van der Waals surface area contributed by atoms with Gasteiger partial charge in [-0.2, -0.15) is 5.10 Å². The van der Waals surface area contributed by atoms with Crippen LogP contribution in [0.4, 0.5) is 16.2 Å². The standard InChI is InChI=1S/C22H26N6O2/c1-3-23-22(30)24-18-14-15(8-9-19(18)28-12-10-27(2)11-13-28)20-16-6-4-5-7-17(16)21(29)26-25-20/h4-9,14H,3,10-13H2,1-2H3,(H,26,29)(H2,23,24,30). The number of aromatic amines is 1. The lowest BCUT2D eigenvalue weighted by Crippen LogP contribution is -2.44. The van der Waals surface area contributed by atoms with Gasteiger partial charge in [0.25, 0.3) is 5.56 Å². The number of H-pyrrole nitrogens is 1. The van der Waals surface area contributed by atoms with Crippen LogP contribution in [-0.4, -0.2) is 60.9 Å². The molecule has 0 aliphatic carbocycles. The van der Waals surface area contributed by atoms with Crippen molar-refractivity contribution in [1.29, 1.82) is 0 Å². The molecule has 1 aromatic heterocycles. The van der Waals surface area contributed by atoms with Gasteiger partial charge in [-0.3, -0.25) is 4.79 Å². The van der Waals surface area contributed by atoms with Crippen molar-refractivity contribution >= 4 is 28.2 Å². The molecule has 8 heteroatoms. The molecule has 0 bridgehead atoms. The summed E-state index contributed by atoms with van der Waals surface area (Å²) in [5.41, 5.74) is 2.98. The minimum Gasteiger partial charge on any atom is -0.367 e. The van der Waals surface area contributed by atoms with Crippen molar-refractivity contribution in [2.75, 3.05) is 50.0 Å². The molecular weight excluding hydrogens is 380 g/mol. The van der Waals surface area contributed by atoms with Gasteiger partial charge in [0.2, 0.25) is 0 Å². The molecule has 2 amide bonds. The molecule has 2 aromatic carbocycles. The zero-order valence-electron chi connectivity index (χ0n) is 17.2. The van der Waals surface area contributed by atoms with Crippen LogP contribution in [0.1, 0.15) is 6.92 Å². The van der Waals surface area contributed by atoms with Gasteiger partial charge in [0.1, 0.15) is 0 Å². The first-order chi connectivity index (χ1) is 14.6. The number of nitrogens with one attached hydrogen (secondary N) is 3. The van der Waals surface area contributed by atoms with Crippen LogP contribution in [0.5, 0.6) is 0 Å². The van der Waals surface area contributed by atoms with Crippen molar-refractivity contribution < 1.29 is 4.79 Å². The summed E-state index contributed by atoms with van der Waals surface area (Å²) in [5.74, 6) is 0. The number of fused-ring (bicyclic) bond motifs is 1. The third-order valence-corrected chi connectivity index (χ3v) is 5.40. The van der Waals surface area contributed by atoms with Crippen molar-refractivity contribution in [3.8, 4) is 11.3 Å². The van der Waals surface area contributed by atoms with Gasteiger partial charge in [0, 0.05) is 43.7 Å². The Morgan fingerprint density at radius 1 is 1.10 bits per heavy atom. The number of aromatic nitrogens is 2. The van der Waals surface area contributed by atoms with E-state index in [0.29, 0.717) is 17.6 Å². The maximum Gasteiger partial charge on any atom is 0.319 e. The Morgan fingerprint density at radius 3 is 2.57 bits per heavy atom. The van der Waals surface area contributed by atoms with Crippen molar-refractivity contribution in [2.45, 2.75) is 6.92 Å². The topological polar surface area (TPSA) is 93.4 Å². The number of hydrogen-bond donors (Lipinski definition) is 3. The largest absolute Gasteiger partial charge is 0.367 e. The predicted octanol–water partition coefficient (Wildman–Crippen LogP) is 2.48. The lowest BCUT2D eigenvalue weighted by molar-refractivity contribution is 0.252. The molecule has 4 rings (SSSR count). The van der Waals surface area contributed by atoms with Gasteiger partial charge < -0.3 is 20.4 Å². The Hall–Kier alpha value is -3.39. The highest BCUT2D eigenvalue weighted by Crippen LogP contribution is 2.33. The van der Waals surface area contributed by atoms with Gasteiger partial charge in [-0.25, -0.2) is 9.89 Å². The van der Waals surface area contributed by atoms with Crippen LogP contribution in [0.15, 0.2) is 47.3 Å². The first-order valence-corrected chi connectivity index (χ1v) is 10.2. The molecule has 0 saturated carbocycles. The van der Waals surface area contributed by atoms with E-state index < -0.39 is 0 Å². The van der Waals surface area contributed by atoms with E-state index >= 15 is 0 Å². The number of nitrogens with zero attached hydrogens (tertiary/aromatic N) is 3. The second-order valence-electron chi connectivity index (χ2n) is 7.45. The maximum atomic E-state index is 12.3. The van der Waals surface area contributed by atoms with Crippen molar-refractivity contribution in [3.63, 3.8) is 0 Å². The molecule has 2 heterocycles. The Kier molecular flexibility index (Phi) is 5.67. The number of urea groups is 1. The molecule has 3 aromatic rings. The Morgan fingerprint density at radius 2 is 1.83 bits per heavy atom. The smallest absolute Gasteiger partial charge is 0.319 e. The number of carbonyl (C=O) groups is 1. The van der Waals surface area contributed by atoms with Gasteiger partial charge in [-0.15, -0.1) is 0 Å². The molecule has 0 atom stereocenters. The van der Waals surface area contributed by atoms with E-state index in [0.717, 1.165) is 48.5 Å². The molecule has 8 nitrogen and oxygen atoms in total. The third-order valence-electron chi connectivity index (χ3n) is 5.40. The lowest BCUT2D eigenvalue weighted by atomic mass is 10.0. The first kappa shape index (κ1) is 19.9. The van der Waals surface area contributed by atoms with Gasteiger partial charge in [-0.1, -0.05) is 24.3 Å². The zero-order chi connectivity index (χ0) is 21.1. The number of amides is 2. The van der Waals surface area contributed by atoms with Crippen LogP contribution >= 0.6 is 0 Å². The van der Waals surface area contributed by atoms with E-state index in [1.807, 2.05) is 43.3 Å². The van der Waals surface area contributed by atoms with E-state index in [-0.39, 0.29) is 11.6 Å². The number of anilines is 2. The summed E-state index contributed by atoms with van der Waals surface area (Å²) in [4.78, 5) is 29.0. The van der Waals surface area contributed by atoms with Crippen LogP contribution in [0.3, 0.4) is 0 Å². The van der Waals surface area contributed by atoms with Crippen LogP contribution in [-0.2, 0) is 0 Å². The monoisotopic (exact) mass is 406 g/mol. The summed E-state index contributed by atoms with van der Waals surface area (Å²) in [7, 11) is 2.11. The highest BCUT2D eigenvalue weighted by atomic mass is 16.2. The van der Waals surface area contributed by atoms with E-state index in [2.05, 4.69) is 37.7 Å². The normalized spacial score (nSPS) is 14.7. The number of hydrogen-bond acceptors (Lipinski definition) is 5. The number of rotatable bonds is 4. The summed E-state index contributed by atoms with van der Waals surface area (Å²) in [6, 6.07) is 13.1. The minimum absolute atomic E-state index is 0.218. The number of benzene rings is 2. The molecule has 156 valence electrons. The van der Waals surface area contributed by atoms with Crippen LogP contribution in [0, 0.1) is 0 Å². The number of likely N-dealkylation sites (N-methyl/N-ethyl adjacent to an activating group) is 1. The Balaban J connectivity index is 1.78. The lowest BCUT2D eigenvalue weighted by Gasteiger charge is -2.35. The molecule has 0 radical (unpaired) electrons. The molecule has 1 fully saturated rings. The Bertz CT molecular complexity index is 1120.